The molecule has 0 saturated carbocycles. The van der Waals surface area contributed by atoms with Crippen LogP contribution in [0.3, 0.4) is 0 Å². The number of anilines is 1. The minimum Gasteiger partial charge on any atom is -0.389 e. The number of hydrogen-bond acceptors (Lipinski definition) is 3. The molecule has 2 aromatic carbocycles. The summed E-state index contributed by atoms with van der Waals surface area (Å²) in [6.45, 7) is 2.06. The van der Waals surface area contributed by atoms with E-state index in [1.807, 2.05) is 30.3 Å². The summed E-state index contributed by atoms with van der Waals surface area (Å²) in [7, 11) is 0. The third-order valence-electron chi connectivity index (χ3n) is 3.11. The molecule has 2 N–H and O–H groups in total. The number of nitrogens with zero attached hydrogens (tertiary/aromatic N) is 1. The van der Waals surface area contributed by atoms with Gasteiger partial charge in [0.25, 0.3) is 0 Å². The van der Waals surface area contributed by atoms with E-state index >= 15 is 0 Å². The summed E-state index contributed by atoms with van der Waals surface area (Å²) in [5.74, 6) is 0. The van der Waals surface area contributed by atoms with E-state index in [-0.39, 0.29) is 0 Å². The predicted molar refractivity (Wildman–Crippen MR) is 89.8 cm³/mol. The summed E-state index contributed by atoms with van der Waals surface area (Å²) in [5.41, 5.74) is 10.3. The van der Waals surface area contributed by atoms with Crippen molar-refractivity contribution >= 4 is 32.3 Å². The van der Waals surface area contributed by atoms with Crippen LogP contribution in [0.2, 0.25) is 0 Å². The second kappa shape index (κ2) is 5.38. The molecule has 100 valence electrons. The van der Waals surface area contributed by atoms with Crippen molar-refractivity contribution in [3.63, 3.8) is 0 Å². The number of nitrogen functional groups attached to an aromatic ring is 1. The van der Waals surface area contributed by atoms with Crippen LogP contribution in [0.15, 0.2) is 53.0 Å². The zero-order valence-corrected chi connectivity index (χ0v) is 13.3. The Labute approximate surface area is 130 Å². The van der Waals surface area contributed by atoms with Crippen LogP contribution >= 0.6 is 27.3 Å². The van der Waals surface area contributed by atoms with E-state index in [9.17, 15) is 0 Å². The van der Waals surface area contributed by atoms with E-state index in [0.29, 0.717) is 0 Å². The number of aromatic nitrogens is 1. The fourth-order valence-corrected chi connectivity index (χ4v) is 3.14. The minimum absolute atomic E-state index is 0.755. The Morgan fingerprint density at radius 3 is 2.50 bits per heavy atom. The lowest BCUT2D eigenvalue weighted by Gasteiger charge is -2.02. The highest BCUT2D eigenvalue weighted by Gasteiger charge is 2.12. The van der Waals surface area contributed by atoms with Gasteiger partial charge in [0.2, 0.25) is 0 Å². The molecule has 1 aromatic heterocycles. The van der Waals surface area contributed by atoms with E-state index in [0.717, 1.165) is 31.3 Å². The van der Waals surface area contributed by atoms with Gasteiger partial charge in [-0.2, -0.15) is 0 Å². The molecule has 20 heavy (non-hydrogen) atoms. The van der Waals surface area contributed by atoms with Crippen LogP contribution in [-0.2, 0) is 0 Å². The molecule has 0 unspecified atom stereocenters. The third-order valence-corrected chi connectivity index (χ3v) is 4.93. The van der Waals surface area contributed by atoms with Crippen molar-refractivity contribution in [2.24, 2.45) is 0 Å². The maximum absolute atomic E-state index is 6.14. The van der Waals surface area contributed by atoms with E-state index in [4.69, 9.17) is 10.7 Å². The predicted octanol–water partition coefficient (Wildman–Crippen LogP) is 5.13. The Kier molecular flexibility index (Phi) is 3.59. The zero-order chi connectivity index (χ0) is 14.1. The molecule has 0 spiro atoms. The Morgan fingerprint density at radius 1 is 1.05 bits per heavy atom. The topological polar surface area (TPSA) is 38.9 Å². The first-order valence-corrected chi connectivity index (χ1v) is 7.84. The van der Waals surface area contributed by atoms with Gasteiger partial charge in [-0.3, -0.25) is 0 Å². The van der Waals surface area contributed by atoms with Crippen molar-refractivity contribution in [1.29, 1.82) is 0 Å². The van der Waals surface area contributed by atoms with Crippen molar-refractivity contribution in [2.45, 2.75) is 6.92 Å². The molecule has 0 aliphatic rings. The normalized spacial score (nSPS) is 10.7. The molecular weight excluding hydrogens is 332 g/mol. The zero-order valence-electron chi connectivity index (χ0n) is 10.9. The molecule has 3 aromatic rings. The second-order valence-corrected chi connectivity index (χ2v) is 6.45. The van der Waals surface area contributed by atoms with E-state index in [2.05, 4.69) is 41.1 Å². The van der Waals surface area contributed by atoms with Crippen LogP contribution < -0.4 is 5.73 Å². The Bertz CT molecular complexity index is 750. The SMILES string of the molecule is Cc1cc(-c2nc(-c3ccccc3)sc2N)ccc1Br. The number of nitrogens with two attached hydrogens (primary N) is 1. The average molecular weight is 345 g/mol. The molecule has 0 aliphatic carbocycles. The fraction of sp³-hybridized carbons (Fsp3) is 0.0625. The number of aryl methyl sites for hydroxylation is 1. The summed E-state index contributed by atoms with van der Waals surface area (Å²) in [5, 5.41) is 1.71. The van der Waals surface area contributed by atoms with Crippen LogP contribution in [0.25, 0.3) is 21.8 Å². The molecule has 0 amide bonds. The fourth-order valence-electron chi connectivity index (χ4n) is 2.03. The monoisotopic (exact) mass is 344 g/mol. The van der Waals surface area contributed by atoms with Gasteiger partial charge in [-0.1, -0.05) is 63.7 Å². The third kappa shape index (κ3) is 2.49. The molecular formula is C16H13BrN2S. The quantitative estimate of drug-likeness (QED) is 0.699. The number of halogens is 1. The van der Waals surface area contributed by atoms with E-state index in [1.165, 1.54) is 16.9 Å². The van der Waals surface area contributed by atoms with Gasteiger partial charge >= 0.3 is 0 Å². The van der Waals surface area contributed by atoms with Gasteiger partial charge in [0.15, 0.2) is 0 Å². The lowest BCUT2D eigenvalue weighted by atomic mass is 10.1. The lowest BCUT2D eigenvalue weighted by Crippen LogP contribution is -1.87. The number of hydrogen-bond donors (Lipinski definition) is 1. The van der Waals surface area contributed by atoms with Gasteiger partial charge in [0, 0.05) is 15.6 Å². The molecule has 3 rings (SSSR count). The van der Waals surface area contributed by atoms with Crippen molar-refractivity contribution < 1.29 is 0 Å². The summed E-state index contributed by atoms with van der Waals surface area (Å²) < 4.78 is 1.10. The highest BCUT2D eigenvalue weighted by atomic mass is 79.9. The van der Waals surface area contributed by atoms with Crippen molar-refractivity contribution in [3.05, 3.63) is 58.6 Å². The van der Waals surface area contributed by atoms with Gasteiger partial charge in [0.05, 0.1) is 0 Å². The van der Waals surface area contributed by atoms with Gasteiger partial charge in [-0.25, -0.2) is 4.98 Å². The molecule has 4 heteroatoms. The molecule has 0 saturated heterocycles. The summed E-state index contributed by atoms with van der Waals surface area (Å²) in [6, 6.07) is 16.3. The summed E-state index contributed by atoms with van der Waals surface area (Å²) in [6.07, 6.45) is 0. The van der Waals surface area contributed by atoms with Crippen LogP contribution in [0.4, 0.5) is 5.00 Å². The van der Waals surface area contributed by atoms with Gasteiger partial charge < -0.3 is 5.73 Å². The number of benzene rings is 2. The maximum Gasteiger partial charge on any atom is 0.126 e. The molecule has 0 bridgehead atoms. The average Bonchev–Trinajstić information content (AvgIpc) is 2.85. The van der Waals surface area contributed by atoms with Gasteiger partial charge in [0.1, 0.15) is 15.7 Å². The molecule has 2 nitrogen and oxygen atoms in total. The van der Waals surface area contributed by atoms with Gasteiger partial charge in [-0.15, -0.1) is 0 Å². The van der Waals surface area contributed by atoms with Crippen molar-refractivity contribution in [1.82, 2.24) is 4.98 Å². The van der Waals surface area contributed by atoms with Crippen LogP contribution in [0.5, 0.6) is 0 Å². The Morgan fingerprint density at radius 2 is 1.80 bits per heavy atom. The maximum atomic E-state index is 6.14. The summed E-state index contributed by atoms with van der Waals surface area (Å²) in [4.78, 5) is 4.70. The summed E-state index contributed by atoms with van der Waals surface area (Å²) >= 11 is 5.04. The molecule has 0 fully saturated rings. The smallest absolute Gasteiger partial charge is 0.126 e. The Balaban J connectivity index is 2.07. The highest BCUT2D eigenvalue weighted by Crippen LogP contribution is 2.36. The number of thiazole rings is 1. The largest absolute Gasteiger partial charge is 0.389 e. The molecule has 0 radical (unpaired) electrons. The standard InChI is InChI=1S/C16H13BrN2S/c1-10-9-12(7-8-13(10)17)14-15(18)20-16(19-14)11-5-3-2-4-6-11/h2-9H,18H2,1H3. The van der Waals surface area contributed by atoms with Crippen molar-refractivity contribution in [2.75, 3.05) is 5.73 Å². The van der Waals surface area contributed by atoms with E-state index < -0.39 is 0 Å². The van der Waals surface area contributed by atoms with Gasteiger partial charge in [-0.05, 0) is 24.6 Å². The molecule has 0 atom stereocenters. The molecule has 1 heterocycles. The van der Waals surface area contributed by atoms with Crippen molar-refractivity contribution in [3.8, 4) is 21.8 Å². The first-order chi connectivity index (χ1) is 9.65. The minimum atomic E-state index is 0.755. The molecule has 0 aliphatic heterocycles. The first-order valence-electron chi connectivity index (χ1n) is 6.23. The van der Waals surface area contributed by atoms with Crippen LogP contribution in [-0.4, -0.2) is 4.98 Å². The van der Waals surface area contributed by atoms with Crippen LogP contribution in [0, 0.1) is 6.92 Å². The van der Waals surface area contributed by atoms with E-state index in [1.54, 1.807) is 0 Å². The highest BCUT2D eigenvalue weighted by molar-refractivity contribution is 9.10. The second-order valence-electron chi connectivity index (χ2n) is 4.56. The lowest BCUT2D eigenvalue weighted by molar-refractivity contribution is 1.37. The number of rotatable bonds is 2. The van der Waals surface area contributed by atoms with Crippen LogP contribution in [0.1, 0.15) is 5.56 Å². The first kappa shape index (κ1) is 13.3. The Hall–Kier alpha value is -1.65.